The minimum Gasteiger partial charge on any atom is -0.481 e. The van der Waals surface area contributed by atoms with E-state index in [0.29, 0.717) is 16.9 Å². The molecule has 2 N–H and O–H groups in total. The minimum absolute atomic E-state index is 0.216. The lowest BCUT2D eigenvalue weighted by atomic mass is 10.0. The second-order valence-corrected chi connectivity index (χ2v) is 7.94. The SMILES string of the molecule is C[S@](=O)Cc1cccc(C(=O)N[C@@H](CC(=O)O)c2ccc(Br)cc2)c1. The first-order valence-corrected chi connectivity index (χ1v) is 10.0. The second-order valence-electron chi connectivity index (χ2n) is 5.59. The van der Waals surface area contributed by atoms with Crippen molar-refractivity contribution in [1.29, 1.82) is 0 Å². The van der Waals surface area contributed by atoms with E-state index in [1.54, 1.807) is 48.7 Å². The van der Waals surface area contributed by atoms with Gasteiger partial charge in [-0.25, -0.2) is 0 Å². The summed E-state index contributed by atoms with van der Waals surface area (Å²) in [4.78, 5) is 23.7. The first-order chi connectivity index (χ1) is 11.8. The Hall–Kier alpha value is -1.99. The molecular formula is C18H18BrNO4S. The Kier molecular flexibility index (Phi) is 6.90. The lowest BCUT2D eigenvalue weighted by Crippen LogP contribution is -2.30. The molecular weight excluding hydrogens is 406 g/mol. The van der Waals surface area contributed by atoms with Crippen LogP contribution in [0.3, 0.4) is 0 Å². The fraction of sp³-hybridized carbons (Fsp3) is 0.222. The van der Waals surface area contributed by atoms with Gasteiger partial charge in [-0.3, -0.25) is 13.8 Å². The second kappa shape index (κ2) is 8.92. The van der Waals surface area contributed by atoms with Crippen LogP contribution >= 0.6 is 15.9 Å². The number of hydrogen-bond donors (Lipinski definition) is 2. The van der Waals surface area contributed by atoms with Crippen LogP contribution in [0, 0.1) is 0 Å². The molecule has 0 bridgehead atoms. The Balaban J connectivity index is 2.20. The molecule has 0 unspecified atom stereocenters. The van der Waals surface area contributed by atoms with Crippen molar-refractivity contribution >= 4 is 38.6 Å². The van der Waals surface area contributed by atoms with Crippen LogP contribution in [0.25, 0.3) is 0 Å². The van der Waals surface area contributed by atoms with Gasteiger partial charge in [-0.15, -0.1) is 0 Å². The molecule has 7 heteroatoms. The molecule has 0 aliphatic heterocycles. The molecule has 25 heavy (non-hydrogen) atoms. The van der Waals surface area contributed by atoms with Crippen molar-refractivity contribution in [2.45, 2.75) is 18.2 Å². The number of carbonyl (C=O) groups is 2. The van der Waals surface area contributed by atoms with Gasteiger partial charge in [0.05, 0.1) is 12.5 Å². The van der Waals surface area contributed by atoms with Gasteiger partial charge in [0.1, 0.15) is 0 Å². The van der Waals surface area contributed by atoms with E-state index < -0.39 is 22.8 Å². The summed E-state index contributed by atoms with van der Waals surface area (Å²) in [6.07, 6.45) is 1.38. The maximum absolute atomic E-state index is 12.5. The standard InChI is InChI=1S/C18H18BrNO4S/c1-25(24)11-12-3-2-4-14(9-12)18(23)20-16(10-17(21)22)13-5-7-15(19)8-6-13/h2-9,16H,10-11H2,1H3,(H,20,23)(H,21,22)/t16-,25-/m0/s1. The van der Waals surface area contributed by atoms with Crippen LogP contribution in [0.1, 0.15) is 33.9 Å². The van der Waals surface area contributed by atoms with Crippen LogP contribution in [0.15, 0.2) is 53.0 Å². The number of benzene rings is 2. The van der Waals surface area contributed by atoms with Crippen molar-refractivity contribution in [3.05, 3.63) is 69.7 Å². The van der Waals surface area contributed by atoms with Gasteiger partial charge in [0.15, 0.2) is 0 Å². The number of hydrogen-bond acceptors (Lipinski definition) is 3. The van der Waals surface area contributed by atoms with Crippen LogP contribution in [0.2, 0.25) is 0 Å². The van der Waals surface area contributed by atoms with Crippen molar-refractivity contribution in [1.82, 2.24) is 5.32 Å². The van der Waals surface area contributed by atoms with E-state index in [1.807, 2.05) is 6.07 Å². The summed E-state index contributed by atoms with van der Waals surface area (Å²) in [5.41, 5.74) is 1.92. The topological polar surface area (TPSA) is 83.5 Å². The summed E-state index contributed by atoms with van der Waals surface area (Å²) in [6, 6.07) is 13.4. The molecule has 0 radical (unpaired) electrons. The molecule has 2 rings (SSSR count). The van der Waals surface area contributed by atoms with Crippen LogP contribution in [-0.4, -0.2) is 27.4 Å². The Bertz CT molecular complexity index is 792. The monoisotopic (exact) mass is 423 g/mol. The first-order valence-electron chi connectivity index (χ1n) is 7.52. The molecule has 0 saturated heterocycles. The van der Waals surface area contributed by atoms with E-state index in [2.05, 4.69) is 21.2 Å². The summed E-state index contributed by atoms with van der Waals surface area (Å²) in [7, 11) is -1.00. The van der Waals surface area contributed by atoms with Crippen LogP contribution < -0.4 is 5.32 Å². The number of halogens is 1. The third-order valence-corrected chi connectivity index (χ3v) is 4.78. The molecule has 0 aliphatic rings. The summed E-state index contributed by atoms with van der Waals surface area (Å²) in [5, 5.41) is 11.9. The molecule has 0 saturated carbocycles. The highest BCUT2D eigenvalue weighted by Gasteiger charge is 2.19. The van der Waals surface area contributed by atoms with Gasteiger partial charge in [-0.2, -0.15) is 0 Å². The maximum Gasteiger partial charge on any atom is 0.305 e. The van der Waals surface area contributed by atoms with E-state index in [9.17, 15) is 13.8 Å². The van der Waals surface area contributed by atoms with E-state index in [4.69, 9.17) is 5.11 Å². The maximum atomic E-state index is 12.5. The summed E-state index contributed by atoms with van der Waals surface area (Å²) < 4.78 is 12.2. The number of aliphatic carboxylic acids is 1. The zero-order valence-electron chi connectivity index (χ0n) is 13.6. The number of amides is 1. The minimum atomic E-state index is -1.00. The average molecular weight is 424 g/mol. The van der Waals surface area contributed by atoms with Crippen molar-refractivity contribution < 1.29 is 18.9 Å². The first kappa shape index (κ1) is 19.3. The van der Waals surface area contributed by atoms with E-state index >= 15 is 0 Å². The predicted molar refractivity (Wildman–Crippen MR) is 101 cm³/mol. The predicted octanol–water partition coefficient (Wildman–Crippen LogP) is 3.27. The highest BCUT2D eigenvalue weighted by molar-refractivity contribution is 9.10. The summed E-state index contributed by atoms with van der Waals surface area (Å²) in [6.45, 7) is 0. The fourth-order valence-corrected chi connectivity index (χ4v) is 3.31. The van der Waals surface area contributed by atoms with Gasteiger partial charge in [0.2, 0.25) is 0 Å². The van der Waals surface area contributed by atoms with Crippen molar-refractivity contribution in [2.24, 2.45) is 0 Å². The molecule has 0 heterocycles. The van der Waals surface area contributed by atoms with E-state index in [0.717, 1.165) is 10.0 Å². The fourth-order valence-electron chi connectivity index (χ4n) is 2.40. The normalized spacial score (nSPS) is 13.0. The molecule has 0 aromatic heterocycles. The Morgan fingerprint density at radius 2 is 1.88 bits per heavy atom. The molecule has 2 aromatic rings. The molecule has 0 aliphatic carbocycles. The lowest BCUT2D eigenvalue weighted by Gasteiger charge is -2.18. The third-order valence-electron chi connectivity index (χ3n) is 3.52. The molecule has 2 aromatic carbocycles. The van der Waals surface area contributed by atoms with Gasteiger partial charge >= 0.3 is 5.97 Å². The lowest BCUT2D eigenvalue weighted by molar-refractivity contribution is -0.137. The smallest absolute Gasteiger partial charge is 0.305 e. The molecule has 2 atom stereocenters. The van der Waals surface area contributed by atoms with Gasteiger partial charge in [0.25, 0.3) is 5.91 Å². The van der Waals surface area contributed by atoms with Crippen LogP contribution in [-0.2, 0) is 21.3 Å². The largest absolute Gasteiger partial charge is 0.481 e. The quantitative estimate of drug-likeness (QED) is 0.715. The highest BCUT2D eigenvalue weighted by Crippen LogP contribution is 2.20. The molecule has 132 valence electrons. The van der Waals surface area contributed by atoms with Gasteiger partial charge in [-0.05, 0) is 35.4 Å². The summed E-state index contributed by atoms with van der Waals surface area (Å²) >= 11 is 3.33. The molecule has 0 spiro atoms. The van der Waals surface area contributed by atoms with Gasteiger partial charge in [-0.1, -0.05) is 40.2 Å². The number of carboxylic acid groups (broad SMARTS) is 1. The number of rotatable bonds is 7. The molecule has 1 amide bonds. The molecule has 5 nitrogen and oxygen atoms in total. The summed E-state index contributed by atoms with van der Waals surface area (Å²) in [5.74, 6) is -0.993. The number of carboxylic acids is 1. The van der Waals surface area contributed by atoms with E-state index in [1.165, 1.54) is 0 Å². The zero-order chi connectivity index (χ0) is 18.4. The number of carbonyl (C=O) groups excluding carboxylic acids is 1. The van der Waals surface area contributed by atoms with Crippen molar-refractivity contribution in [2.75, 3.05) is 6.26 Å². The van der Waals surface area contributed by atoms with Crippen LogP contribution in [0.4, 0.5) is 0 Å². The molecule has 0 fully saturated rings. The highest BCUT2D eigenvalue weighted by atomic mass is 79.9. The van der Waals surface area contributed by atoms with Crippen LogP contribution in [0.5, 0.6) is 0 Å². The Morgan fingerprint density at radius 1 is 1.20 bits per heavy atom. The Morgan fingerprint density at radius 3 is 2.48 bits per heavy atom. The van der Waals surface area contributed by atoms with Gasteiger partial charge in [0, 0.05) is 32.8 Å². The van der Waals surface area contributed by atoms with E-state index in [-0.39, 0.29) is 12.3 Å². The zero-order valence-corrected chi connectivity index (χ0v) is 16.0. The third kappa shape index (κ3) is 6.10. The van der Waals surface area contributed by atoms with Gasteiger partial charge < -0.3 is 10.4 Å². The Labute approximate surface area is 157 Å². The number of nitrogens with one attached hydrogen (secondary N) is 1. The van der Waals surface area contributed by atoms with Crippen molar-refractivity contribution in [3.8, 4) is 0 Å². The average Bonchev–Trinajstić information content (AvgIpc) is 2.54. The van der Waals surface area contributed by atoms with Crippen molar-refractivity contribution in [3.63, 3.8) is 0 Å².